The Kier molecular flexibility index (Phi) is 5.74. The molecule has 1 aliphatic rings. The quantitative estimate of drug-likeness (QED) is 0.489. The fourth-order valence-corrected chi connectivity index (χ4v) is 3.03. The van der Waals surface area contributed by atoms with Gasteiger partial charge in [-0.1, -0.05) is 0 Å². The van der Waals surface area contributed by atoms with E-state index in [1.54, 1.807) is 24.0 Å². The summed E-state index contributed by atoms with van der Waals surface area (Å²) in [5.41, 5.74) is 0.761. The van der Waals surface area contributed by atoms with Gasteiger partial charge in [-0.05, 0) is 32.9 Å². The zero-order valence-corrected chi connectivity index (χ0v) is 13.5. The molecule has 1 saturated heterocycles. The maximum atomic E-state index is 10.8. The highest BCUT2D eigenvalue weighted by Gasteiger charge is 2.24. The van der Waals surface area contributed by atoms with Crippen molar-refractivity contribution in [1.29, 1.82) is 0 Å². The van der Waals surface area contributed by atoms with E-state index in [1.807, 2.05) is 0 Å². The Morgan fingerprint density at radius 3 is 2.64 bits per heavy atom. The van der Waals surface area contributed by atoms with Crippen molar-refractivity contribution in [3.63, 3.8) is 0 Å². The van der Waals surface area contributed by atoms with Gasteiger partial charge in [0, 0.05) is 18.1 Å². The third kappa shape index (κ3) is 4.68. The Morgan fingerprint density at radius 1 is 1.36 bits per heavy atom. The number of aryl methyl sites for hydroxylation is 1. The van der Waals surface area contributed by atoms with Crippen LogP contribution in [0.4, 0.5) is 5.69 Å². The van der Waals surface area contributed by atoms with Gasteiger partial charge in [0.2, 0.25) is 0 Å². The molecule has 122 valence electrons. The highest BCUT2D eigenvalue weighted by atomic mass is 16.6. The van der Waals surface area contributed by atoms with Gasteiger partial charge >= 0.3 is 0 Å². The maximum absolute atomic E-state index is 10.8. The molecule has 0 radical (unpaired) electrons. The monoisotopic (exact) mass is 309 g/mol. The van der Waals surface area contributed by atoms with Crippen molar-refractivity contribution < 1.29 is 19.3 Å². The molecule has 6 heteroatoms. The van der Waals surface area contributed by atoms with Crippen molar-refractivity contribution in [3.8, 4) is 5.75 Å². The van der Waals surface area contributed by atoms with Crippen LogP contribution in [0, 0.1) is 17.0 Å². The first-order valence-electron chi connectivity index (χ1n) is 7.82. The van der Waals surface area contributed by atoms with Crippen molar-refractivity contribution in [2.75, 3.05) is 26.2 Å². The highest BCUT2D eigenvalue weighted by Crippen LogP contribution is 2.22. The number of morpholine rings is 1. The number of nitro benzene ring substituents is 1. The van der Waals surface area contributed by atoms with Crippen molar-refractivity contribution in [1.82, 2.24) is 0 Å². The van der Waals surface area contributed by atoms with E-state index in [-0.39, 0.29) is 10.6 Å². The zero-order chi connectivity index (χ0) is 16.1. The van der Waals surface area contributed by atoms with Crippen LogP contribution in [0.1, 0.15) is 25.8 Å². The average molecular weight is 309 g/mol. The van der Waals surface area contributed by atoms with E-state index in [9.17, 15) is 10.1 Å². The van der Waals surface area contributed by atoms with E-state index < -0.39 is 0 Å². The summed E-state index contributed by atoms with van der Waals surface area (Å²) in [6.07, 6.45) is 1.60. The summed E-state index contributed by atoms with van der Waals surface area (Å²) < 4.78 is 11.4. The van der Waals surface area contributed by atoms with Crippen LogP contribution in [-0.4, -0.2) is 43.4 Å². The third-order valence-electron chi connectivity index (χ3n) is 3.93. The largest absolute Gasteiger partial charge is 0.493 e. The van der Waals surface area contributed by atoms with Gasteiger partial charge in [-0.2, -0.15) is 0 Å². The number of nitro groups is 1. The number of hydrogen-bond acceptors (Lipinski definition) is 4. The lowest BCUT2D eigenvalue weighted by molar-refractivity contribution is -0.915. The minimum atomic E-state index is -0.372. The number of nitrogens with zero attached hydrogens (tertiary/aromatic N) is 1. The lowest BCUT2D eigenvalue weighted by atomic mass is 10.2. The van der Waals surface area contributed by atoms with Gasteiger partial charge in [-0.3, -0.25) is 10.1 Å². The summed E-state index contributed by atoms with van der Waals surface area (Å²) in [5, 5.41) is 10.8. The molecule has 0 aromatic heterocycles. The highest BCUT2D eigenvalue weighted by molar-refractivity contribution is 5.44. The molecule has 2 atom stereocenters. The van der Waals surface area contributed by atoms with Crippen LogP contribution in [0.5, 0.6) is 5.75 Å². The second kappa shape index (κ2) is 7.56. The fraction of sp³-hybridized carbons (Fsp3) is 0.625. The molecule has 0 amide bonds. The predicted molar refractivity (Wildman–Crippen MR) is 83.5 cm³/mol. The van der Waals surface area contributed by atoms with E-state index >= 15 is 0 Å². The Bertz CT molecular complexity index is 511. The minimum Gasteiger partial charge on any atom is -0.493 e. The average Bonchev–Trinajstić information content (AvgIpc) is 2.42. The molecule has 2 rings (SSSR count). The first-order valence-corrected chi connectivity index (χ1v) is 7.82. The Balaban J connectivity index is 1.75. The van der Waals surface area contributed by atoms with Gasteiger partial charge in [0.05, 0.1) is 18.1 Å². The van der Waals surface area contributed by atoms with Gasteiger partial charge in [0.1, 0.15) is 31.0 Å². The molecular formula is C16H25N2O4+. The van der Waals surface area contributed by atoms with Crippen LogP contribution < -0.4 is 9.64 Å². The summed E-state index contributed by atoms with van der Waals surface area (Å²) in [5.74, 6) is 0.696. The van der Waals surface area contributed by atoms with Gasteiger partial charge in [-0.15, -0.1) is 0 Å². The number of rotatable bonds is 6. The molecule has 1 aromatic carbocycles. The van der Waals surface area contributed by atoms with E-state index in [0.29, 0.717) is 30.1 Å². The normalized spacial score (nSPS) is 25.0. The second-order valence-corrected chi connectivity index (χ2v) is 6.07. The standard InChI is InChI=1S/C16H24N2O4/c1-12-9-15(5-6-16(12)18(19)20)21-8-4-7-17-10-13(2)22-14(3)11-17/h5-6,9,13-14H,4,7-8,10-11H2,1-3H3/p+1/t13-,14-/m0/s1. The van der Waals surface area contributed by atoms with E-state index in [2.05, 4.69) is 13.8 Å². The summed E-state index contributed by atoms with van der Waals surface area (Å²) in [7, 11) is 0. The second-order valence-electron chi connectivity index (χ2n) is 6.07. The van der Waals surface area contributed by atoms with Crippen LogP contribution in [0.15, 0.2) is 18.2 Å². The van der Waals surface area contributed by atoms with Crippen molar-refractivity contribution in [3.05, 3.63) is 33.9 Å². The minimum absolute atomic E-state index is 0.132. The lowest BCUT2D eigenvalue weighted by Crippen LogP contribution is -3.15. The molecule has 1 aromatic rings. The number of ether oxygens (including phenoxy) is 2. The van der Waals surface area contributed by atoms with Crippen molar-refractivity contribution in [2.45, 2.75) is 39.4 Å². The molecule has 0 saturated carbocycles. The van der Waals surface area contributed by atoms with Crippen LogP contribution in [-0.2, 0) is 4.74 Å². The van der Waals surface area contributed by atoms with Crippen LogP contribution >= 0.6 is 0 Å². The smallest absolute Gasteiger partial charge is 0.272 e. The molecule has 0 aliphatic carbocycles. The molecule has 0 bridgehead atoms. The zero-order valence-electron chi connectivity index (χ0n) is 13.5. The number of nitrogens with one attached hydrogen (secondary N) is 1. The Morgan fingerprint density at radius 2 is 2.05 bits per heavy atom. The van der Waals surface area contributed by atoms with Crippen LogP contribution in [0.25, 0.3) is 0 Å². The first-order chi connectivity index (χ1) is 10.5. The van der Waals surface area contributed by atoms with Crippen molar-refractivity contribution >= 4 is 5.69 Å². The molecular weight excluding hydrogens is 284 g/mol. The summed E-state index contributed by atoms with van der Waals surface area (Å²) >= 11 is 0. The van der Waals surface area contributed by atoms with Crippen molar-refractivity contribution in [2.24, 2.45) is 0 Å². The van der Waals surface area contributed by atoms with E-state index in [0.717, 1.165) is 26.1 Å². The summed E-state index contributed by atoms with van der Waals surface area (Å²) in [6.45, 7) is 9.74. The molecule has 1 heterocycles. The summed E-state index contributed by atoms with van der Waals surface area (Å²) in [4.78, 5) is 12.0. The van der Waals surface area contributed by atoms with E-state index in [4.69, 9.17) is 9.47 Å². The predicted octanol–water partition coefficient (Wildman–Crippen LogP) is 1.36. The Hall–Kier alpha value is -1.66. The van der Waals surface area contributed by atoms with Crippen LogP contribution in [0.2, 0.25) is 0 Å². The fourth-order valence-electron chi connectivity index (χ4n) is 3.03. The summed E-state index contributed by atoms with van der Waals surface area (Å²) in [6, 6.07) is 4.89. The first kappa shape index (κ1) is 16.7. The SMILES string of the molecule is Cc1cc(OCCC[NH+]2C[C@H](C)O[C@@H](C)C2)ccc1[N+](=O)[O-]. The molecule has 6 nitrogen and oxygen atoms in total. The van der Waals surface area contributed by atoms with E-state index in [1.165, 1.54) is 6.07 Å². The van der Waals surface area contributed by atoms with Gasteiger partial charge in [0.15, 0.2) is 0 Å². The molecule has 1 N–H and O–H groups in total. The topological polar surface area (TPSA) is 66.0 Å². The van der Waals surface area contributed by atoms with Crippen LogP contribution in [0.3, 0.4) is 0 Å². The molecule has 22 heavy (non-hydrogen) atoms. The van der Waals surface area contributed by atoms with Gasteiger partial charge < -0.3 is 14.4 Å². The molecule has 0 spiro atoms. The van der Waals surface area contributed by atoms with Gasteiger partial charge in [0.25, 0.3) is 5.69 Å². The Labute approximate surface area is 131 Å². The number of benzene rings is 1. The van der Waals surface area contributed by atoms with Gasteiger partial charge in [-0.25, -0.2) is 0 Å². The maximum Gasteiger partial charge on any atom is 0.272 e. The molecule has 1 aliphatic heterocycles. The molecule has 0 unspecified atom stereocenters. The molecule has 1 fully saturated rings. The number of hydrogen-bond donors (Lipinski definition) is 1. The third-order valence-corrected chi connectivity index (χ3v) is 3.93. The lowest BCUT2D eigenvalue weighted by Gasteiger charge is -2.32. The number of quaternary nitrogens is 1.